The van der Waals surface area contributed by atoms with Gasteiger partial charge in [-0.1, -0.05) is 32.4 Å². The third kappa shape index (κ3) is 2.91. The molecule has 1 aromatic carbocycles. The van der Waals surface area contributed by atoms with Crippen LogP contribution in [-0.2, 0) is 4.43 Å². The van der Waals surface area contributed by atoms with Gasteiger partial charge in [0.15, 0.2) is 0 Å². The van der Waals surface area contributed by atoms with Gasteiger partial charge in [0.05, 0.1) is 0 Å². The first-order chi connectivity index (χ1) is 9.10. The molecule has 0 saturated carbocycles. The van der Waals surface area contributed by atoms with Crippen LogP contribution in [0, 0.1) is 0 Å². The fraction of sp³-hybridized carbons (Fsp3) is 0.400. The minimum Gasteiger partial charge on any atom is -0.515 e. The fourth-order valence-electron chi connectivity index (χ4n) is 1.65. The van der Waals surface area contributed by atoms with E-state index >= 15 is 0 Å². The number of nitrogens with one attached hydrogen (secondary N) is 1. The lowest BCUT2D eigenvalue weighted by Gasteiger charge is -2.35. The van der Waals surface area contributed by atoms with E-state index in [0.29, 0.717) is 10.7 Å². The van der Waals surface area contributed by atoms with Crippen LogP contribution in [0.5, 0.6) is 0 Å². The van der Waals surface area contributed by atoms with Gasteiger partial charge in [-0.2, -0.15) is 0 Å². The molecule has 1 aromatic heterocycles. The number of aromatic amines is 1. The molecule has 0 radical (unpaired) electrons. The molecular formula is C15H20ClNO2Si. The zero-order valence-electron chi connectivity index (χ0n) is 12.5. The standard InChI is InChI=1S/C15H20ClNO2Si/c1-15(2,3)20(4,5)19-14(18)13-9-10-8-11(16)6-7-12(10)17-13/h6-9,17H,1-5H3. The van der Waals surface area contributed by atoms with E-state index in [0.717, 1.165) is 10.9 Å². The molecule has 0 aliphatic rings. The first-order valence-corrected chi connectivity index (χ1v) is 9.90. The Morgan fingerprint density at radius 1 is 1.25 bits per heavy atom. The number of rotatable bonds is 2. The molecule has 3 nitrogen and oxygen atoms in total. The number of hydrogen-bond acceptors (Lipinski definition) is 2. The molecule has 1 N–H and O–H groups in total. The van der Waals surface area contributed by atoms with Gasteiger partial charge in [0.2, 0.25) is 0 Å². The molecule has 0 aliphatic carbocycles. The van der Waals surface area contributed by atoms with Crippen molar-refractivity contribution in [1.29, 1.82) is 0 Å². The Labute approximate surface area is 125 Å². The Bertz CT molecular complexity index is 655. The molecule has 0 amide bonds. The first-order valence-electron chi connectivity index (χ1n) is 6.62. The van der Waals surface area contributed by atoms with Crippen LogP contribution in [0.1, 0.15) is 31.3 Å². The van der Waals surface area contributed by atoms with E-state index in [-0.39, 0.29) is 11.0 Å². The zero-order chi connectivity index (χ0) is 15.1. The molecule has 0 saturated heterocycles. The number of fused-ring (bicyclic) bond motifs is 1. The minimum atomic E-state index is -2.11. The highest BCUT2D eigenvalue weighted by molar-refractivity contribution is 6.75. The summed E-state index contributed by atoms with van der Waals surface area (Å²) in [5.74, 6) is -0.288. The van der Waals surface area contributed by atoms with Gasteiger partial charge >= 0.3 is 5.97 Å². The van der Waals surface area contributed by atoms with Crippen LogP contribution in [0.15, 0.2) is 24.3 Å². The Balaban J connectivity index is 2.28. The van der Waals surface area contributed by atoms with Crippen LogP contribution in [0.4, 0.5) is 0 Å². The molecule has 1 heterocycles. The molecule has 5 heteroatoms. The smallest absolute Gasteiger partial charge is 0.341 e. The van der Waals surface area contributed by atoms with Crippen molar-refractivity contribution < 1.29 is 9.22 Å². The second kappa shape index (κ2) is 4.93. The molecule has 2 aromatic rings. The lowest BCUT2D eigenvalue weighted by atomic mass is 10.2. The normalized spacial score (nSPS) is 12.7. The van der Waals surface area contributed by atoms with Crippen molar-refractivity contribution >= 4 is 36.8 Å². The lowest BCUT2D eigenvalue weighted by molar-refractivity contribution is 0.0707. The molecular weight excluding hydrogens is 290 g/mol. The fourth-order valence-corrected chi connectivity index (χ4v) is 2.71. The summed E-state index contributed by atoms with van der Waals surface area (Å²) in [4.78, 5) is 15.4. The highest BCUT2D eigenvalue weighted by atomic mass is 35.5. The Morgan fingerprint density at radius 3 is 2.50 bits per heavy atom. The van der Waals surface area contributed by atoms with E-state index in [9.17, 15) is 4.79 Å². The predicted octanol–water partition coefficient (Wildman–Crippen LogP) is 4.98. The predicted molar refractivity (Wildman–Crippen MR) is 85.9 cm³/mol. The average molecular weight is 310 g/mol. The highest BCUT2D eigenvalue weighted by Crippen LogP contribution is 2.37. The summed E-state index contributed by atoms with van der Waals surface area (Å²) in [5.41, 5.74) is 1.36. The van der Waals surface area contributed by atoms with Gasteiger partial charge in [0.1, 0.15) is 5.69 Å². The first kappa shape index (κ1) is 15.1. The molecule has 108 valence electrons. The average Bonchev–Trinajstić information content (AvgIpc) is 2.69. The van der Waals surface area contributed by atoms with Gasteiger partial charge in [-0.3, -0.25) is 0 Å². The van der Waals surface area contributed by atoms with Crippen molar-refractivity contribution in [2.24, 2.45) is 0 Å². The number of hydrogen-bond donors (Lipinski definition) is 1. The summed E-state index contributed by atoms with van der Waals surface area (Å²) in [6.07, 6.45) is 0. The van der Waals surface area contributed by atoms with Gasteiger partial charge in [-0.15, -0.1) is 0 Å². The molecule has 0 bridgehead atoms. The number of halogens is 1. The maximum Gasteiger partial charge on any atom is 0.341 e. The van der Waals surface area contributed by atoms with E-state index in [4.69, 9.17) is 16.0 Å². The summed E-state index contributed by atoms with van der Waals surface area (Å²) in [5, 5.41) is 1.57. The van der Waals surface area contributed by atoms with Gasteiger partial charge < -0.3 is 9.41 Å². The van der Waals surface area contributed by atoms with Crippen molar-refractivity contribution in [2.45, 2.75) is 38.9 Å². The van der Waals surface area contributed by atoms with Crippen LogP contribution in [0.3, 0.4) is 0 Å². The monoisotopic (exact) mass is 309 g/mol. The van der Waals surface area contributed by atoms with E-state index in [2.05, 4.69) is 38.8 Å². The number of H-pyrrole nitrogens is 1. The maximum atomic E-state index is 12.3. The van der Waals surface area contributed by atoms with Gasteiger partial charge in [0, 0.05) is 15.9 Å². The highest BCUT2D eigenvalue weighted by Gasteiger charge is 2.40. The summed E-state index contributed by atoms with van der Waals surface area (Å²) in [6.45, 7) is 10.4. The Hall–Kier alpha value is -1.26. The Kier molecular flexibility index (Phi) is 3.73. The van der Waals surface area contributed by atoms with Gasteiger partial charge in [0.25, 0.3) is 8.32 Å². The van der Waals surface area contributed by atoms with E-state index in [1.54, 1.807) is 12.1 Å². The second-order valence-electron chi connectivity index (χ2n) is 6.56. The van der Waals surface area contributed by atoms with Crippen molar-refractivity contribution in [3.8, 4) is 0 Å². The SMILES string of the molecule is CC(C)(C)[Si](C)(C)OC(=O)c1cc2cc(Cl)ccc2[nH]1. The molecule has 0 fully saturated rings. The largest absolute Gasteiger partial charge is 0.515 e. The number of carbonyl (C=O) groups is 1. The molecule has 2 rings (SSSR count). The summed E-state index contributed by atoms with van der Waals surface area (Å²) < 4.78 is 5.78. The van der Waals surface area contributed by atoms with Crippen LogP contribution in [0.2, 0.25) is 23.2 Å². The quantitative estimate of drug-likeness (QED) is 0.795. The van der Waals surface area contributed by atoms with Crippen LogP contribution >= 0.6 is 11.6 Å². The third-order valence-corrected chi connectivity index (χ3v) is 8.50. The second-order valence-corrected chi connectivity index (χ2v) is 11.7. The van der Waals surface area contributed by atoms with E-state index in [1.165, 1.54) is 0 Å². The topological polar surface area (TPSA) is 42.1 Å². The van der Waals surface area contributed by atoms with Crippen LogP contribution in [-0.4, -0.2) is 19.3 Å². The number of carbonyl (C=O) groups excluding carboxylic acids is 1. The van der Waals surface area contributed by atoms with Crippen molar-refractivity contribution in [1.82, 2.24) is 4.98 Å². The summed E-state index contributed by atoms with van der Waals surface area (Å²) >= 11 is 5.95. The van der Waals surface area contributed by atoms with Gasteiger partial charge in [-0.25, -0.2) is 4.79 Å². The Morgan fingerprint density at radius 2 is 1.90 bits per heavy atom. The number of aromatic nitrogens is 1. The molecule has 0 atom stereocenters. The minimum absolute atomic E-state index is 0.00200. The van der Waals surface area contributed by atoms with Crippen LogP contribution < -0.4 is 0 Å². The van der Waals surface area contributed by atoms with Crippen molar-refractivity contribution in [3.63, 3.8) is 0 Å². The van der Waals surface area contributed by atoms with E-state index in [1.807, 2.05) is 12.1 Å². The molecule has 0 unspecified atom stereocenters. The maximum absolute atomic E-state index is 12.3. The third-order valence-electron chi connectivity index (χ3n) is 3.96. The van der Waals surface area contributed by atoms with Crippen molar-refractivity contribution in [3.05, 3.63) is 35.0 Å². The van der Waals surface area contributed by atoms with Gasteiger partial charge in [-0.05, 0) is 42.4 Å². The van der Waals surface area contributed by atoms with Crippen molar-refractivity contribution in [2.75, 3.05) is 0 Å². The lowest BCUT2D eigenvalue weighted by Crippen LogP contribution is -2.42. The van der Waals surface area contributed by atoms with Crippen LogP contribution in [0.25, 0.3) is 10.9 Å². The van der Waals surface area contributed by atoms with E-state index < -0.39 is 8.32 Å². The molecule has 0 aliphatic heterocycles. The molecule has 20 heavy (non-hydrogen) atoms. The molecule has 0 spiro atoms. The number of benzene rings is 1. The summed E-state index contributed by atoms with van der Waals surface area (Å²) in [6, 6.07) is 7.28. The summed E-state index contributed by atoms with van der Waals surface area (Å²) in [7, 11) is -2.11. The zero-order valence-corrected chi connectivity index (χ0v) is 14.3.